The standard InChI is InChI=1S/C25H32FNO4/c1-2-21(24(29)30)27-23(28)19-8-18(17-3-4-17)22(9-20(19)26)31-13-25-10-14-5-15(11-25)7-16(6-14)12-25/h8-9,14-17,21H,2-7,10-13H2,1H3,(H,27,28)(H,29,30). The Labute approximate surface area is 182 Å². The predicted octanol–water partition coefficient (Wildman–Crippen LogP) is 4.89. The van der Waals surface area contributed by atoms with Crippen molar-refractivity contribution in [1.29, 1.82) is 0 Å². The van der Waals surface area contributed by atoms with Crippen LogP contribution in [0.5, 0.6) is 5.75 Å². The third-order valence-corrected chi connectivity index (χ3v) is 8.07. The average Bonchev–Trinajstić information content (AvgIpc) is 3.54. The summed E-state index contributed by atoms with van der Waals surface area (Å²) in [7, 11) is 0. The highest BCUT2D eigenvalue weighted by Gasteiger charge is 2.51. The summed E-state index contributed by atoms with van der Waals surface area (Å²) in [4.78, 5) is 23.8. The molecule has 2 N–H and O–H groups in total. The molecule has 6 heteroatoms. The Bertz CT molecular complexity index is 858. The van der Waals surface area contributed by atoms with Gasteiger partial charge in [0.05, 0.1) is 12.2 Å². The van der Waals surface area contributed by atoms with E-state index in [1.54, 1.807) is 13.0 Å². The first-order valence-electron chi connectivity index (χ1n) is 11.9. The summed E-state index contributed by atoms with van der Waals surface area (Å²) >= 11 is 0. The number of nitrogens with one attached hydrogen (secondary N) is 1. The molecule has 5 saturated carbocycles. The molecule has 1 aromatic carbocycles. The zero-order valence-electron chi connectivity index (χ0n) is 18.2. The number of halogens is 1. The molecule has 0 heterocycles. The van der Waals surface area contributed by atoms with Gasteiger partial charge in [0.15, 0.2) is 0 Å². The third kappa shape index (κ3) is 4.06. The maximum absolute atomic E-state index is 14.9. The number of rotatable bonds is 8. The van der Waals surface area contributed by atoms with E-state index in [2.05, 4.69) is 5.32 Å². The maximum Gasteiger partial charge on any atom is 0.326 e. The van der Waals surface area contributed by atoms with Crippen molar-refractivity contribution >= 4 is 11.9 Å². The van der Waals surface area contributed by atoms with Crippen molar-refractivity contribution in [2.24, 2.45) is 23.2 Å². The molecule has 6 rings (SSSR count). The van der Waals surface area contributed by atoms with E-state index in [0.717, 1.165) is 36.2 Å². The quantitative estimate of drug-likeness (QED) is 0.617. The average molecular weight is 430 g/mol. The number of amides is 1. The fraction of sp³-hybridized carbons (Fsp3) is 0.680. The van der Waals surface area contributed by atoms with Crippen molar-refractivity contribution in [2.45, 2.75) is 76.7 Å². The minimum Gasteiger partial charge on any atom is -0.493 e. The fourth-order valence-electron chi connectivity index (χ4n) is 6.86. The molecule has 1 unspecified atom stereocenters. The van der Waals surface area contributed by atoms with Crippen molar-refractivity contribution in [2.75, 3.05) is 6.61 Å². The lowest BCUT2D eigenvalue weighted by atomic mass is 9.50. The molecule has 5 fully saturated rings. The first-order chi connectivity index (χ1) is 14.9. The molecular formula is C25H32FNO4. The van der Waals surface area contributed by atoms with E-state index in [-0.39, 0.29) is 17.4 Å². The summed E-state index contributed by atoms with van der Waals surface area (Å²) < 4.78 is 21.2. The number of aliphatic carboxylic acids is 1. The summed E-state index contributed by atoms with van der Waals surface area (Å²) in [5, 5.41) is 11.6. The summed E-state index contributed by atoms with van der Waals surface area (Å²) in [5.41, 5.74) is 1.03. The SMILES string of the molecule is CCC(NC(=O)c1cc(C2CC2)c(OCC23CC4CC(CC(C4)C2)C3)cc1F)C(=O)O. The van der Waals surface area contributed by atoms with E-state index < -0.39 is 23.7 Å². The minimum atomic E-state index is -1.12. The molecule has 1 aromatic rings. The largest absolute Gasteiger partial charge is 0.493 e. The van der Waals surface area contributed by atoms with Gasteiger partial charge in [-0.3, -0.25) is 4.79 Å². The van der Waals surface area contributed by atoms with Crippen molar-refractivity contribution < 1.29 is 23.8 Å². The van der Waals surface area contributed by atoms with E-state index in [4.69, 9.17) is 4.74 Å². The van der Waals surface area contributed by atoms with Gasteiger partial charge >= 0.3 is 5.97 Å². The Hall–Kier alpha value is -2.11. The van der Waals surface area contributed by atoms with E-state index in [1.807, 2.05) is 0 Å². The van der Waals surface area contributed by atoms with Crippen LogP contribution in [-0.2, 0) is 4.79 Å². The van der Waals surface area contributed by atoms with E-state index in [1.165, 1.54) is 44.6 Å². The van der Waals surface area contributed by atoms with Crippen LogP contribution in [0.25, 0.3) is 0 Å². The van der Waals surface area contributed by atoms with Crippen LogP contribution in [0.3, 0.4) is 0 Å². The van der Waals surface area contributed by atoms with E-state index in [0.29, 0.717) is 18.3 Å². The monoisotopic (exact) mass is 429 g/mol. The summed E-state index contributed by atoms with van der Waals surface area (Å²) in [6.07, 6.45) is 10.1. The minimum absolute atomic E-state index is 0.0937. The summed E-state index contributed by atoms with van der Waals surface area (Å²) in [5.74, 6) is 0.916. The van der Waals surface area contributed by atoms with Gasteiger partial charge in [0, 0.05) is 11.5 Å². The van der Waals surface area contributed by atoms with Crippen LogP contribution in [0.1, 0.15) is 86.6 Å². The molecule has 5 nitrogen and oxygen atoms in total. The molecule has 31 heavy (non-hydrogen) atoms. The van der Waals surface area contributed by atoms with Gasteiger partial charge in [-0.25, -0.2) is 9.18 Å². The number of carbonyl (C=O) groups excluding carboxylic acids is 1. The molecule has 1 atom stereocenters. The summed E-state index contributed by atoms with van der Waals surface area (Å²) in [6.45, 7) is 2.31. The van der Waals surface area contributed by atoms with Crippen LogP contribution in [0.15, 0.2) is 12.1 Å². The lowest BCUT2D eigenvalue weighted by Crippen LogP contribution is -2.48. The molecule has 5 aliphatic rings. The zero-order valence-corrected chi connectivity index (χ0v) is 18.2. The van der Waals surface area contributed by atoms with E-state index in [9.17, 15) is 19.1 Å². The van der Waals surface area contributed by atoms with Crippen molar-refractivity contribution in [3.63, 3.8) is 0 Å². The van der Waals surface area contributed by atoms with Gasteiger partial charge in [-0.1, -0.05) is 6.92 Å². The Morgan fingerprint density at radius 3 is 2.29 bits per heavy atom. The second kappa shape index (κ2) is 7.79. The van der Waals surface area contributed by atoms with Gasteiger partial charge in [0.25, 0.3) is 5.91 Å². The van der Waals surface area contributed by atoms with Crippen LogP contribution in [-0.4, -0.2) is 29.6 Å². The lowest BCUT2D eigenvalue weighted by Gasteiger charge is -2.56. The Morgan fingerprint density at radius 2 is 1.77 bits per heavy atom. The lowest BCUT2D eigenvalue weighted by molar-refractivity contribution is -0.139. The second-order valence-corrected chi connectivity index (χ2v) is 10.6. The Morgan fingerprint density at radius 1 is 1.16 bits per heavy atom. The molecule has 4 bridgehead atoms. The van der Waals surface area contributed by atoms with Crippen LogP contribution < -0.4 is 10.1 Å². The highest BCUT2D eigenvalue weighted by molar-refractivity contribution is 5.97. The maximum atomic E-state index is 14.9. The Balaban J connectivity index is 1.34. The third-order valence-electron chi connectivity index (χ3n) is 8.07. The van der Waals surface area contributed by atoms with Crippen molar-refractivity contribution in [1.82, 2.24) is 5.32 Å². The highest BCUT2D eigenvalue weighted by atomic mass is 19.1. The smallest absolute Gasteiger partial charge is 0.326 e. The number of hydrogen-bond acceptors (Lipinski definition) is 3. The van der Waals surface area contributed by atoms with Gasteiger partial charge < -0.3 is 15.2 Å². The van der Waals surface area contributed by atoms with E-state index >= 15 is 0 Å². The predicted molar refractivity (Wildman–Crippen MR) is 114 cm³/mol. The molecule has 0 aromatic heterocycles. The zero-order chi connectivity index (χ0) is 21.8. The number of carbonyl (C=O) groups is 2. The molecule has 5 aliphatic carbocycles. The number of carboxylic acid groups (broad SMARTS) is 1. The van der Waals surface area contributed by atoms with Gasteiger partial charge in [0.1, 0.15) is 17.6 Å². The first kappa shape index (κ1) is 20.8. The van der Waals surface area contributed by atoms with Gasteiger partial charge in [0.2, 0.25) is 0 Å². The van der Waals surface area contributed by atoms with Crippen LogP contribution >= 0.6 is 0 Å². The molecule has 0 aliphatic heterocycles. The van der Waals surface area contributed by atoms with Crippen LogP contribution in [0.2, 0.25) is 0 Å². The van der Waals surface area contributed by atoms with Gasteiger partial charge in [-0.2, -0.15) is 0 Å². The summed E-state index contributed by atoms with van der Waals surface area (Å²) in [6, 6.07) is 1.92. The number of hydrogen-bond donors (Lipinski definition) is 2. The normalized spacial score (nSPS) is 32.0. The first-order valence-corrected chi connectivity index (χ1v) is 11.9. The number of carboxylic acids is 1. The van der Waals surface area contributed by atoms with Gasteiger partial charge in [-0.15, -0.1) is 0 Å². The molecule has 168 valence electrons. The van der Waals surface area contributed by atoms with Gasteiger partial charge in [-0.05, 0) is 93.1 Å². The molecule has 0 spiro atoms. The van der Waals surface area contributed by atoms with Crippen molar-refractivity contribution in [3.05, 3.63) is 29.1 Å². The Kier molecular flexibility index (Phi) is 5.22. The number of benzene rings is 1. The van der Waals surface area contributed by atoms with Crippen molar-refractivity contribution in [3.8, 4) is 5.75 Å². The fourth-order valence-corrected chi connectivity index (χ4v) is 6.86. The molecule has 0 saturated heterocycles. The molecule has 1 amide bonds. The topological polar surface area (TPSA) is 75.6 Å². The van der Waals surface area contributed by atoms with Crippen LogP contribution in [0.4, 0.5) is 4.39 Å². The second-order valence-electron chi connectivity index (χ2n) is 10.6. The highest BCUT2D eigenvalue weighted by Crippen LogP contribution is 2.60. The van der Waals surface area contributed by atoms with Crippen LogP contribution in [0, 0.1) is 29.0 Å². The molecular weight excluding hydrogens is 397 g/mol. The number of ether oxygens (including phenoxy) is 1. The molecule has 0 radical (unpaired) electrons.